The zero-order valence-electron chi connectivity index (χ0n) is 15.0. The molecule has 0 unspecified atom stereocenters. The summed E-state index contributed by atoms with van der Waals surface area (Å²) in [7, 11) is 0. The molecule has 1 aliphatic rings. The number of carbonyl (C=O) groups excluding carboxylic acids is 1. The highest BCUT2D eigenvalue weighted by molar-refractivity contribution is 5.89. The number of urea groups is 1. The molecule has 0 bridgehead atoms. The molecule has 138 valence electrons. The second kappa shape index (κ2) is 7.72. The van der Waals surface area contributed by atoms with E-state index >= 15 is 0 Å². The van der Waals surface area contributed by atoms with E-state index in [4.69, 9.17) is 0 Å². The molecule has 6 heteroatoms. The molecule has 2 amide bonds. The molecule has 26 heavy (non-hydrogen) atoms. The molecule has 0 spiro atoms. The van der Waals surface area contributed by atoms with Crippen molar-refractivity contribution in [3.8, 4) is 0 Å². The van der Waals surface area contributed by atoms with E-state index in [-0.39, 0.29) is 11.7 Å². The second-order valence-electron chi connectivity index (χ2n) is 6.74. The number of nitrogens with zero attached hydrogens (tertiary/aromatic N) is 2. The standard InChI is InChI=1S/C20H23F2N3O/c1-14(2)16-5-3-4-6-19(16)24-9-11-25(12-10-24)20(26)23-18-8-7-15(21)13-17(18)22/h3-8,13-14H,9-12H2,1-2H3,(H,23,26). The minimum absolute atomic E-state index is 0.0102. The van der Waals surface area contributed by atoms with Crippen molar-refractivity contribution >= 4 is 17.4 Å². The molecule has 1 aliphatic heterocycles. The molecule has 4 nitrogen and oxygen atoms in total. The van der Waals surface area contributed by atoms with E-state index in [1.165, 1.54) is 17.3 Å². The number of halogens is 2. The Kier molecular flexibility index (Phi) is 5.40. The third-order valence-electron chi connectivity index (χ3n) is 4.64. The highest BCUT2D eigenvalue weighted by Gasteiger charge is 2.23. The molecule has 0 aromatic heterocycles. The summed E-state index contributed by atoms with van der Waals surface area (Å²) in [5.41, 5.74) is 2.48. The Morgan fingerprint density at radius 2 is 1.73 bits per heavy atom. The van der Waals surface area contributed by atoms with Gasteiger partial charge in [-0.15, -0.1) is 0 Å². The summed E-state index contributed by atoms with van der Waals surface area (Å²) in [5, 5.41) is 2.52. The van der Waals surface area contributed by atoms with E-state index in [9.17, 15) is 13.6 Å². The van der Waals surface area contributed by atoms with E-state index in [1.807, 2.05) is 12.1 Å². The normalized spacial score (nSPS) is 14.7. The van der Waals surface area contributed by atoms with E-state index in [2.05, 4.69) is 36.2 Å². The predicted molar refractivity (Wildman–Crippen MR) is 99.7 cm³/mol. The maximum absolute atomic E-state index is 13.7. The van der Waals surface area contributed by atoms with Gasteiger partial charge < -0.3 is 15.1 Å². The van der Waals surface area contributed by atoms with Crippen molar-refractivity contribution in [3.05, 3.63) is 59.7 Å². The molecule has 0 atom stereocenters. The highest BCUT2D eigenvalue weighted by atomic mass is 19.1. The van der Waals surface area contributed by atoms with Crippen molar-refractivity contribution in [2.45, 2.75) is 19.8 Å². The molecule has 0 aliphatic carbocycles. The lowest BCUT2D eigenvalue weighted by Crippen LogP contribution is -2.50. The van der Waals surface area contributed by atoms with Gasteiger partial charge in [-0.05, 0) is 29.7 Å². The number of piperazine rings is 1. The maximum Gasteiger partial charge on any atom is 0.322 e. The Hall–Kier alpha value is -2.63. The van der Waals surface area contributed by atoms with E-state index in [1.54, 1.807) is 4.90 Å². The van der Waals surface area contributed by atoms with E-state index in [0.29, 0.717) is 32.1 Å². The summed E-state index contributed by atoms with van der Waals surface area (Å²) >= 11 is 0. The third kappa shape index (κ3) is 3.95. The SMILES string of the molecule is CC(C)c1ccccc1N1CCN(C(=O)Nc2ccc(F)cc2F)CC1. The highest BCUT2D eigenvalue weighted by Crippen LogP contribution is 2.28. The van der Waals surface area contributed by atoms with Crippen molar-refractivity contribution in [2.24, 2.45) is 0 Å². The van der Waals surface area contributed by atoms with Crippen LogP contribution in [0.2, 0.25) is 0 Å². The zero-order chi connectivity index (χ0) is 18.7. The van der Waals surface area contributed by atoms with E-state index < -0.39 is 11.6 Å². The van der Waals surface area contributed by atoms with Gasteiger partial charge in [0.2, 0.25) is 0 Å². The van der Waals surface area contributed by atoms with Gasteiger partial charge >= 0.3 is 6.03 Å². The summed E-state index contributed by atoms with van der Waals surface area (Å²) in [6.07, 6.45) is 0. The third-order valence-corrected chi connectivity index (χ3v) is 4.64. The minimum Gasteiger partial charge on any atom is -0.368 e. The molecule has 3 rings (SSSR count). The second-order valence-corrected chi connectivity index (χ2v) is 6.74. The Bertz CT molecular complexity index is 786. The Balaban J connectivity index is 1.62. The first-order valence-corrected chi connectivity index (χ1v) is 8.80. The van der Waals surface area contributed by atoms with Gasteiger partial charge in [-0.2, -0.15) is 0 Å². The number of nitrogens with one attached hydrogen (secondary N) is 1. The Morgan fingerprint density at radius 1 is 1.04 bits per heavy atom. The number of hydrogen-bond donors (Lipinski definition) is 1. The van der Waals surface area contributed by atoms with Gasteiger partial charge in [0.05, 0.1) is 5.69 Å². The lowest BCUT2D eigenvalue weighted by molar-refractivity contribution is 0.208. The number of para-hydroxylation sites is 1. The first kappa shape index (κ1) is 18.2. The summed E-state index contributed by atoms with van der Waals surface area (Å²) in [5.74, 6) is -1.02. The fraction of sp³-hybridized carbons (Fsp3) is 0.350. The number of amides is 2. The van der Waals surface area contributed by atoms with Crippen molar-refractivity contribution in [3.63, 3.8) is 0 Å². The summed E-state index contributed by atoms with van der Waals surface area (Å²) in [6.45, 7) is 6.84. The van der Waals surface area contributed by atoms with Gasteiger partial charge in [-0.25, -0.2) is 13.6 Å². The molecule has 1 N–H and O–H groups in total. The molecule has 0 saturated carbocycles. The molecule has 1 saturated heterocycles. The Labute approximate surface area is 152 Å². The number of carbonyl (C=O) groups is 1. The lowest BCUT2D eigenvalue weighted by Gasteiger charge is -2.37. The average molecular weight is 359 g/mol. The van der Waals surface area contributed by atoms with Gasteiger partial charge in [0.15, 0.2) is 0 Å². The quantitative estimate of drug-likeness (QED) is 0.879. The van der Waals surface area contributed by atoms with Crippen molar-refractivity contribution in [2.75, 3.05) is 36.4 Å². The van der Waals surface area contributed by atoms with Gasteiger partial charge in [0.25, 0.3) is 0 Å². The fourth-order valence-electron chi connectivity index (χ4n) is 3.20. The van der Waals surface area contributed by atoms with Crippen LogP contribution in [-0.4, -0.2) is 37.1 Å². The van der Waals surface area contributed by atoms with Crippen molar-refractivity contribution < 1.29 is 13.6 Å². The van der Waals surface area contributed by atoms with Crippen LogP contribution < -0.4 is 10.2 Å². The Morgan fingerprint density at radius 3 is 2.38 bits per heavy atom. The van der Waals surface area contributed by atoms with Crippen LogP contribution in [0.3, 0.4) is 0 Å². The molecule has 0 radical (unpaired) electrons. The first-order chi connectivity index (χ1) is 12.5. The summed E-state index contributed by atoms with van der Waals surface area (Å²) in [4.78, 5) is 16.3. The minimum atomic E-state index is -0.775. The molecular formula is C20H23F2N3O. The van der Waals surface area contributed by atoms with Gasteiger partial charge in [-0.3, -0.25) is 0 Å². The van der Waals surface area contributed by atoms with Gasteiger partial charge in [0.1, 0.15) is 11.6 Å². The monoisotopic (exact) mass is 359 g/mol. The van der Waals surface area contributed by atoms with Crippen LogP contribution in [-0.2, 0) is 0 Å². The first-order valence-electron chi connectivity index (χ1n) is 8.80. The molecule has 2 aromatic rings. The van der Waals surface area contributed by atoms with Gasteiger partial charge in [0, 0.05) is 37.9 Å². The predicted octanol–water partition coefficient (Wildman–Crippen LogP) is 4.44. The summed E-state index contributed by atoms with van der Waals surface area (Å²) < 4.78 is 26.7. The number of rotatable bonds is 3. The zero-order valence-corrected chi connectivity index (χ0v) is 15.0. The van der Waals surface area contributed by atoms with Crippen LogP contribution in [0, 0.1) is 11.6 Å². The van der Waals surface area contributed by atoms with Crippen molar-refractivity contribution in [1.29, 1.82) is 0 Å². The lowest BCUT2D eigenvalue weighted by atomic mass is 10.00. The smallest absolute Gasteiger partial charge is 0.322 e. The van der Waals surface area contributed by atoms with Crippen LogP contribution in [0.4, 0.5) is 25.0 Å². The van der Waals surface area contributed by atoms with Gasteiger partial charge in [-0.1, -0.05) is 32.0 Å². The molecular weight excluding hydrogens is 336 g/mol. The largest absolute Gasteiger partial charge is 0.368 e. The topological polar surface area (TPSA) is 35.6 Å². The number of hydrogen-bond acceptors (Lipinski definition) is 2. The summed E-state index contributed by atoms with van der Waals surface area (Å²) in [6, 6.07) is 11.1. The average Bonchev–Trinajstić information content (AvgIpc) is 2.64. The van der Waals surface area contributed by atoms with Crippen LogP contribution in [0.1, 0.15) is 25.3 Å². The molecule has 1 fully saturated rings. The maximum atomic E-state index is 13.7. The van der Waals surface area contributed by atoms with Crippen LogP contribution in [0.5, 0.6) is 0 Å². The van der Waals surface area contributed by atoms with Crippen LogP contribution in [0.25, 0.3) is 0 Å². The van der Waals surface area contributed by atoms with Crippen LogP contribution >= 0.6 is 0 Å². The van der Waals surface area contributed by atoms with E-state index in [0.717, 1.165) is 12.1 Å². The number of anilines is 2. The van der Waals surface area contributed by atoms with Crippen LogP contribution in [0.15, 0.2) is 42.5 Å². The van der Waals surface area contributed by atoms with Crippen molar-refractivity contribution in [1.82, 2.24) is 4.90 Å². The molecule has 1 heterocycles. The molecule has 2 aromatic carbocycles. The fourth-order valence-corrected chi connectivity index (χ4v) is 3.20. The number of benzene rings is 2.